The number of rotatable bonds is 3. The summed E-state index contributed by atoms with van der Waals surface area (Å²) in [6.45, 7) is 1.82. The summed E-state index contributed by atoms with van der Waals surface area (Å²) in [5.41, 5.74) is 0.839. The van der Waals surface area contributed by atoms with Gasteiger partial charge in [-0.15, -0.1) is 12.4 Å². The van der Waals surface area contributed by atoms with Gasteiger partial charge in [0.05, 0.1) is 5.92 Å². The van der Waals surface area contributed by atoms with Gasteiger partial charge in [-0.3, -0.25) is 9.59 Å². The number of nitrogens with zero attached hydrogens (tertiary/aromatic N) is 1. The molecule has 1 aromatic rings. The van der Waals surface area contributed by atoms with Crippen LogP contribution in [0.1, 0.15) is 12.0 Å². The maximum atomic E-state index is 12.1. The molecule has 1 fully saturated rings. The normalized spacial score (nSPS) is 19.5. The fourth-order valence-electron chi connectivity index (χ4n) is 2.60. The zero-order valence-electron chi connectivity index (χ0n) is 12.4. The fourth-order valence-corrected chi connectivity index (χ4v) is 2.60. The van der Waals surface area contributed by atoms with Gasteiger partial charge in [0.2, 0.25) is 5.91 Å². The molecular weight excluding hydrogens is 322 g/mol. The molecule has 2 aliphatic heterocycles. The first-order valence-corrected chi connectivity index (χ1v) is 7.23. The molecule has 2 heterocycles. The van der Waals surface area contributed by atoms with Gasteiger partial charge in [-0.2, -0.15) is 0 Å². The summed E-state index contributed by atoms with van der Waals surface area (Å²) >= 11 is 0. The van der Waals surface area contributed by atoms with Gasteiger partial charge >= 0.3 is 5.97 Å². The Hall–Kier alpha value is -2.21. The van der Waals surface area contributed by atoms with Crippen molar-refractivity contribution in [2.24, 2.45) is 5.92 Å². The molecule has 1 atom stereocenters. The van der Waals surface area contributed by atoms with Gasteiger partial charge in [0.25, 0.3) is 0 Å². The summed E-state index contributed by atoms with van der Waals surface area (Å²) in [5, 5.41) is 8.95. The van der Waals surface area contributed by atoms with Crippen molar-refractivity contribution in [3.05, 3.63) is 29.8 Å². The summed E-state index contributed by atoms with van der Waals surface area (Å²) in [6, 6.07) is 5.48. The Labute approximate surface area is 140 Å². The number of ether oxygens (including phenoxy) is 2. The number of hydrogen-bond acceptors (Lipinski definition) is 4. The van der Waals surface area contributed by atoms with Crippen LogP contribution < -0.4 is 9.47 Å². The van der Waals surface area contributed by atoms with Crippen molar-refractivity contribution in [2.75, 3.05) is 26.3 Å². The minimum absolute atomic E-state index is 0. The van der Waals surface area contributed by atoms with Crippen molar-refractivity contribution >= 4 is 30.4 Å². The maximum Gasteiger partial charge on any atom is 0.308 e. The van der Waals surface area contributed by atoms with Crippen molar-refractivity contribution in [3.63, 3.8) is 0 Å². The highest BCUT2D eigenvalue weighted by molar-refractivity contribution is 5.92. The van der Waals surface area contributed by atoms with Crippen molar-refractivity contribution < 1.29 is 24.2 Å². The van der Waals surface area contributed by atoms with Gasteiger partial charge in [0, 0.05) is 19.2 Å². The Morgan fingerprint density at radius 1 is 1.22 bits per heavy atom. The summed E-state index contributed by atoms with van der Waals surface area (Å²) in [4.78, 5) is 24.5. The highest BCUT2D eigenvalue weighted by Crippen LogP contribution is 2.31. The lowest BCUT2D eigenvalue weighted by Crippen LogP contribution is -2.28. The van der Waals surface area contributed by atoms with Gasteiger partial charge in [-0.1, -0.05) is 6.07 Å². The molecule has 1 unspecified atom stereocenters. The molecule has 0 aromatic heterocycles. The van der Waals surface area contributed by atoms with Crippen molar-refractivity contribution in [1.29, 1.82) is 0 Å². The first kappa shape index (κ1) is 17.1. The van der Waals surface area contributed by atoms with Crippen LogP contribution in [-0.2, 0) is 9.59 Å². The Bertz CT molecular complexity index is 631. The van der Waals surface area contributed by atoms with Crippen LogP contribution in [0.4, 0.5) is 0 Å². The second kappa shape index (κ2) is 7.37. The number of carboxylic acid groups (broad SMARTS) is 1. The largest absolute Gasteiger partial charge is 0.486 e. The number of carbonyl (C=O) groups excluding carboxylic acids is 1. The van der Waals surface area contributed by atoms with Crippen LogP contribution in [0, 0.1) is 5.92 Å². The van der Waals surface area contributed by atoms with E-state index in [9.17, 15) is 9.59 Å². The number of amides is 1. The number of aliphatic carboxylic acids is 1. The number of benzene rings is 1. The van der Waals surface area contributed by atoms with Crippen LogP contribution in [0.5, 0.6) is 11.5 Å². The Morgan fingerprint density at radius 2 is 1.96 bits per heavy atom. The zero-order valence-corrected chi connectivity index (χ0v) is 13.3. The van der Waals surface area contributed by atoms with E-state index in [1.807, 2.05) is 18.2 Å². The van der Waals surface area contributed by atoms with Crippen LogP contribution in [0.25, 0.3) is 6.08 Å². The summed E-state index contributed by atoms with van der Waals surface area (Å²) in [5.74, 6) is -0.0806. The molecule has 0 radical (unpaired) electrons. The molecule has 0 bridgehead atoms. The molecular formula is C16H18ClNO5. The predicted octanol–water partition coefficient (Wildman–Crippen LogP) is 1.83. The van der Waals surface area contributed by atoms with E-state index in [4.69, 9.17) is 14.6 Å². The van der Waals surface area contributed by atoms with E-state index in [0.717, 1.165) is 5.56 Å². The first-order valence-electron chi connectivity index (χ1n) is 7.23. The Morgan fingerprint density at radius 3 is 2.65 bits per heavy atom. The number of likely N-dealkylation sites (tertiary alicyclic amines) is 1. The molecule has 124 valence electrons. The van der Waals surface area contributed by atoms with Crippen LogP contribution in [0.3, 0.4) is 0 Å². The number of carboxylic acids is 1. The second-order valence-electron chi connectivity index (χ2n) is 5.34. The van der Waals surface area contributed by atoms with Crippen LogP contribution in [0.2, 0.25) is 0 Å². The standard InChI is InChI=1S/C16H17NO5.ClH/c18-15(17-6-5-12(10-17)16(19)20)4-2-11-1-3-13-14(9-11)22-8-7-21-13;/h1-4,9,12H,5-8,10H2,(H,19,20);1H. The minimum atomic E-state index is -0.842. The number of hydrogen-bond donors (Lipinski definition) is 1. The molecule has 23 heavy (non-hydrogen) atoms. The number of carbonyl (C=O) groups is 2. The monoisotopic (exact) mass is 339 g/mol. The van der Waals surface area contributed by atoms with Crippen LogP contribution >= 0.6 is 12.4 Å². The predicted molar refractivity (Wildman–Crippen MR) is 86.0 cm³/mol. The molecule has 3 rings (SSSR count). The van der Waals surface area contributed by atoms with Gasteiger partial charge in [-0.05, 0) is 30.2 Å². The van der Waals surface area contributed by atoms with E-state index in [-0.39, 0.29) is 24.9 Å². The molecule has 1 aromatic carbocycles. The third kappa shape index (κ3) is 3.96. The van der Waals surface area contributed by atoms with Gasteiger partial charge < -0.3 is 19.5 Å². The molecule has 0 spiro atoms. The van der Waals surface area contributed by atoms with Crippen molar-refractivity contribution in [2.45, 2.75) is 6.42 Å². The summed E-state index contributed by atoms with van der Waals surface area (Å²) in [7, 11) is 0. The third-order valence-corrected chi connectivity index (χ3v) is 3.83. The Kier molecular flexibility index (Phi) is 5.50. The SMILES string of the molecule is Cl.O=C(O)C1CCN(C(=O)C=Cc2ccc3c(c2)OCCO3)C1. The fraction of sp³-hybridized carbons (Fsp3) is 0.375. The molecule has 6 nitrogen and oxygen atoms in total. The number of halogens is 1. The third-order valence-electron chi connectivity index (χ3n) is 3.83. The topological polar surface area (TPSA) is 76.1 Å². The molecule has 0 saturated carbocycles. The molecule has 1 N–H and O–H groups in total. The Balaban J connectivity index is 0.00000192. The van der Waals surface area contributed by atoms with Crippen molar-refractivity contribution in [3.8, 4) is 11.5 Å². The highest BCUT2D eigenvalue weighted by Gasteiger charge is 2.29. The smallest absolute Gasteiger partial charge is 0.308 e. The highest BCUT2D eigenvalue weighted by atomic mass is 35.5. The average molecular weight is 340 g/mol. The molecule has 0 aliphatic carbocycles. The second-order valence-corrected chi connectivity index (χ2v) is 5.34. The zero-order chi connectivity index (χ0) is 15.5. The quantitative estimate of drug-likeness (QED) is 0.850. The van der Waals surface area contributed by atoms with Crippen molar-refractivity contribution in [1.82, 2.24) is 4.90 Å². The first-order chi connectivity index (χ1) is 10.6. The molecule has 7 heteroatoms. The van der Waals surface area contributed by atoms with E-state index in [0.29, 0.717) is 37.7 Å². The van der Waals surface area contributed by atoms with Gasteiger partial charge in [-0.25, -0.2) is 0 Å². The molecule has 1 amide bonds. The summed E-state index contributed by atoms with van der Waals surface area (Å²) in [6.07, 6.45) is 3.68. The van der Waals surface area contributed by atoms with E-state index in [2.05, 4.69) is 0 Å². The average Bonchev–Trinajstić information content (AvgIpc) is 3.03. The van der Waals surface area contributed by atoms with E-state index in [1.165, 1.54) is 6.08 Å². The number of fused-ring (bicyclic) bond motifs is 1. The summed E-state index contributed by atoms with van der Waals surface area (Å²) < 4.78 is 10.9. The molecule has 2 aliphatic rings. The van der Waals surface area contributed by atoms with Gasteiger partial charge in [0.1, 0.15) is 13.2 Å². The lowest BCUT2D eigenvalue weighted by molar-refractivity contribution is -0.141. The van der Waals surface area contributed by atoms with Crippen LogP contribution in [-0.4, -0.2) is 48.2 Å². The van der Waals surface area contributed by atoms with E-state index >= 15 is 0 Å². The molecule has 1 saturated heterocycles. The maximum absolute atomic E-state index is 12.1. The minimum Gasteiger partial charge on any atom is -0.486 e. The van der Waals surface area contributed by atoms with E-state index in [1.54, 1.807) is 11.0 Å². The van der Waals surface area contributed by atoms with Crippen LogP contribution in [0.15, 0.2) is 24.3 Å². The lowest BCUT2D eigenvalue weighted by atomic mass is 10.1. The van der Waals surface area contributed by atoms with E-state index < -0.39 is 11.9 Å². The van der Waals surface area contributed by atoms with Gasteiger partial charge in [0.15, 0.2) is 11.5 Å². The lowest BCUT2D eigenvalue weighted by Gasteiger charge is -2.18.